The highest BCUT2D eigenvalue weighted by Crippen LogP contribution is 2.22. The van der Waals surface area contributed by atoms with Crippen LogP contribution >= 0.6 is 11.3 Å². The minimum Gasteiger partial charge on any atom is -0.469 e. The van der Waals surface area contributed by atoms with Gasteiger partial charge in [0, 0.05) is 11.9 Å². The molecule has 1 saturated heterocycles. The third-order valence-electron chi connectivity index (χ3n) is 3.64. The van der Waals surface area contributed by atoms with Gasteiger partial charge in [-0.2, -0.15) is 16.3 Å². The van der Waals surface area contributed by atoms with Crippen molar-refractivity contribution >= 4 is 17.3 Å². The smallest absolute Gasteiger partial charge is 0.309 e. The fraction of sp³-hybridized carbons (Fsp3) is 0.500. The molecule has 0 amide bonds. The Bertz CT molecular complexity index is 596. The molecule has 0 spiro atoms. The van der Waals surface area contributed by atoms with Crippen LogP contribution in [0.1, 0.15) is 18.7 Å². The van der Waals surface area contributed by atoms with E-state index in [1.54, 1.807) is 11.3 Å². The van der Waals surface area contributed by atoms with Crippen LogP contribution in [-0.2, 0) is 16.1 Å². The van der Waals surface area contributed by atoms with Gasteiger partial charge in [-0.05, 0) is 30.8 Å². The van der Waals surface area contributed by atoms with E-state index in [2.05, 4.69) is 15.0 Å². The first kappa shape index (κ1) is 14.2. The monoisotopic (exact) mass is 307 g/mol. The zero-order valence-corrected chi connectivity index (χ0v) is 12.6. The van der Waals surface area contributed by atoms with Gasteiger partial charge in [-0.15, -0.1) is 0 Å². The minimum absolute atomic E-state index is 0.0491. The molecule has 0 unspecified atom stereocenters. The molecule has 3 heterocycles. The number of thiophene rings is 1. The lowest BCUT2D eigenvalue weighted by Crippen LogP contribution is -2.38. The molecule has 6 nitrogen and oxygen atoms in total. The average molecular weight is 307 g/mol. The Morgan fingerprint density at radius 1 is 1.62 bits per heavy atom. The van der Waals surface area contributed by atoms with E-state index in [4.69, 9.17) is 9.26 Å². The fourth-order valence-corrected chi connectivity index (χ4v) is 3.21. The maximum Gasteiger partial charge on any atom is 0.309 e. The normalized spacial score (nSPS) is 19.6. The molecule has 0 saturated carbocycles. The predicted octanol–water partition coefficient (Wildman–Crippen LogP) is 2.18. The molecule has 0 N–H and O–H groups in total. The van der Waals surface area contributed by atoms with Crippen molar-refractivity contribution in [2.45, 2.75) is 19.4 Å². The van der Waals surface area contributed by atoms with Crippen LogP contribution in [0.3, 0.4) is 0 Å². The number of likely N-dealkylation sites (tertiary alicyclic amines) is 1. The lowest BCUT2D eigenvalue weighted by molar-refractivity contribution is -0.147. The van der Waals surface area contributed by atoms with Crippen LogP contribution in [0.2, 0.25) is 0 Å². The Kier molecular flexibility index (Phi) is 4.31. The van der Waals surface area contributed by atoms with Crippen LogP contribution in [0.5, 0.6) is 0 Å². The van der Waals surface area contributed by atoms with Crippen LogP contribution in [0.4, 0.5) is 0 Å². The summed E-state index contributed by atoms with van der Waals surface area (Å²) in [6.07, 6.45) is 1.87. The van der Waals surface area contributed by atoms with Crippen molar-refractivity contribution in [2.75, 3.05) is 20.2 Å². The summed E-state index contributed by atoms with van der Waals surface area (Å²) in [6.45, 7) is 2.23. The first-order chi connectivity index (χ1) is 10.3. The highest BCUT2D eigenvalue weighted by molar-refractivity contribution is 7.08. The number of carbonyl (C=O) groups excluding carboxylic acids is 1. The molecule has 21 heavy (non-hydrogen) atoms. The number of piperidine rings is 1. The van der Waals surface area contributed by atoms with Gasteiger partial charge in [0.15, 0.2) is 5.82 Å². The van der Waals surface area contributed by atoms with Crippen molar-refractivity contribution < 1.29 is 14.1 Å². The third-order valence-corrected chi connectivity index (χ3v) is 4.32. The van der Waals surface area contributed by atoms with Crippen LogP contribution in [0.15, 0.2) is 21.3 Å². The Morgan fingerprint density at radius 2 is 2.52 bits per heavy atom. The molecule has 3 rings (SSSR count). The van der Waals surface area contributed by atoms with Crippen molar-refractivity contribution in [1.29, 1.82) is 0 Å². The molecule has 0 bridgehead atoms. The van der Waals surface area contributed by atoms with Gasteiger partial charge in [0.1, 0.15) is 0 Å². The van der Waals surface area contributed by atoms with Gasteiger partial charge in [-0.1, -0.05) is 5.16 Å². The highest BCUT2D eigenvalue weighted by atomic mass is 32.1. The number of aromatic nitrogens is 2. The first-order valence-electron chi connectivity index (χ1n) is 6.91. The molecule has 1 atom stereocenters. The highest BCUT2D eigenvalue weighted by Gasteiger charge is 2.27. The molecule has 1 aliphatic rings. The van der Waals surface area contributed by atoms with Crippen molar-refractivity contribution in [3.8, 4) is 11.5 Å². The second kappa shape index (κ2) is 6.36. The number of hydrogen-bond donors (Lipinski definition) is 0. The standard InChI is InChI=1S/C14H17N3O3S/c1-19-14(18)10-3-2-5-17(7-10)8-12-15-13(20-16-12)11-4-6-21-9-11/h4,6,9-10H,2-3,5,7-8H2,1H3/t10-/m0/s1. The first-order valence-corrected chi connectivity index (χ1v) is 7.86. The third kappa shape index (κ3) is 3.30. The summed E-state index contributed by atoms with van der Waals surface area (Å²) < 4.78 is 10.1. The summed E-state index contributed by atoms with van der Waals surface area (Å²) >= 11 is 1.60. The quantitative estimate of drug-likeness (QED) is 0.807. The number of nitrogens with zero attached hydrogens (tertiary/aromatic N) is 3. The lowest BCUT2D eigenvalue weighted by Gasteiger charge is -2.30. The number of methoxy groups -OCH3 is 1. The molecule has 2 aromatic heterocycles. The molecular formula is C14H17N3O3S. The summed E-state index contributed by atoms with van der Waals surface area (Å²) in [5.41, 5.74) is 0.949. The molecule has 1 fully saturated rings. The van der Waals surface area contributed by atoms with Crippen molar-refractivity contribution in [1.82, 2.24) is 15.0 Å². The van der Waals surface area contributed by atoms with Crippen molar-refractivity contribution in [3.63, 3.8) is 0 Å². The van der Waals surface area contributed by atoms with Gasteiger partial charge >= 0.3 is 5.97 Å². The zero-order valence-electron chi connectivity index (χ0n) is 11.8. The fourth-order valence-electron chi connectivity index (χ4n) is 2.58. The predicted molar refractivity (Wildman–Crippen MR) is 77.6 cm³/mol. The molecule has 0 aliphatic carbocycles. The van der Waals surface area contributed by atoms with Gasteiger partial charge in [0.2, 0.25) is 0 Å². The lowest BCUT2D eigenvalue weighted by atomic mass is 9.98. The van der Waals surface area contributed by atoms with E-state index in [1.165, 1.54) is 7.11 Å². The van der Waals surface area contributed by atoms with Crippen LogP contribution in [0.25, 0.3) is 11.5 Å². The Morgan fingerprint density at radius 3 is 3.29 bits per heavy atom. The minimum atomic E-state index is -0.133. The molecule has 112 valence electrons. The van der Waals surface area contributed by atoms with E-state index in [-0.39, 0.29) is 11.9 Å². The maximum atomic E-state index is 11.6. The Labute approximate surface area is 126 Å². The second-order valence-corrected chi connectivity index (χ2v) is 5.91. The molecular weight excluding hydrogens is 290 g/mol. The number of ether oxygens (including phenoxy) is 1. The van der Waals surface area contributed by atoms with Gasteiger partial charge in [0.25, 0.3) is 5.89 Å². The summed E-state index contributed by atoms with van der Waals surface area (Å²) in [7, 11) is 1.44. The Balaban J connectivity index is 1.62. The summed E-state index contributed by atoms with van der Waals surface area (Å²) in [6, 6.07) is 1.95. The van der Waals surface area contributed by atoms with E-state index >= 15 is 0 Å². The van der Waals surface area contributed by atoms with E-state index < -0.39 is 0 Å². The zero-order chi connectivity index (χ0) is 14.7. The number of esters is 1. The summed E-state index contributed by atoms with van der Waals surface area (Å²) in [5, 5.41) is 7.97. The van der Waals surface area contributed by atoms with E-state index in [0.29, 0.717) is 24.8 Å². The van der Waals surface area contributed by atoms with Crippen molar-refractivity contribution in [2.24, 2.45) is 5.92 Å². The number of hydrogen-bond acceptors (Lipinski definition) is 7. The molecule has 0 aromatic carbocycles. The Hall–Kier alpha value is -1.73. The average Bonchev–Trinajstić information content (AvgIpc) is 3.17. The van der Waals surface area contributed by atoms with E-state index in [0.717, 1.165) is 24.9 Å². The largest absolute Gasteiger partial charge is 0.469 e. The van der Waals surface area contributed by atoms with E-state index in [9.17, 15) is 4.79 Å². The van der Waals surface area contributed by atoms with Gasteiger partial charge in [0.05, 0.1) is 25.1 Å². The molecule has 1 aliphatic heterocycles. The maximum absolute atomic E-state index is 11.6. The van der Waals surface area contributed by atoms with Gasteiger partial charge in [-0.3, -0.25) is 9.69 Å². The van der Waals surface area contributed by atoms with Crippen LogP contribution < -0.4 is 0 Å². The summed E-state index contributed by atoms with van der Waals surface area (Å²) in [5.74, 6) is 1.02. The number of rotatable bonds is 4. The van der Waals surface area contributed by atoms with Crippen LogP contribution in [0, 0.1) is 5.92 Å². The molecule has 0 radical (unpaired) electrons. The molecule has 7 heteroatoms. The van der Waals surface area contributed by atoms with Gasteiger partial charge < -0.3 is 9.26 Å². The van der Waals surface area contributed by atoms with Crippen molar-refractivity contribution in [3.05, 3.63) is 22.7 Å². The van der Waals surface area contributed by atoms with Gasteiger partial charge in [-0.25, -0.2) is 0 Å². The second-order valence-electron chi connectivity index (χ2n) is 5.13. The topological polar surface area (TPSA) is 68.5 Å². The van der Waals surface area contributed by atoms with Crippen LogP contribution in [-0.4, -0.2) is 41.2 Å². The summed E-state index contributed by atoms with van der Waals surface area (Å²) in [4.78, 5) is 18.2. The molecule has 2 aromatic rings. The number of carbonyl (C=O) groups is 1. The SMILES string of the molecule is COC(=O)[C@H]1CCCN(Cc2noc(-c3ccsc3)n2)C1. The van der Waals surface area contributed by atoms with E-state index in [1.807, 2.05) is 16.8 Å².